The summed E-state index contributed by atoms with van der Waals surface area (Å²) in [5.74, 6) is 0. The van der Waals surface area contributed by atoms with Gasteiger partial charge in [0.25, 0.3) is 0 Å². The smallest absolute Gasteiger partial charge is 0.324 e. The van der Waals surface area contributed by atoms with E-state index in [0.717, 1.165) is 12.8 Å². The van der Waals surface area contributed by atoms with Crippen molar-refractivity contribution in [2.24, 2.45) is 0 Å². The first kappa shape index (κ1) is 20.5. The van der Waals surface area contributed by atoms with Gasteiger partial charge in [-0.15, -0.1) is 9.79 Å². The van der Waals surface area contributed by atoms with E-state index in [0.29, 0.717) is 6.42 Å². The Hall–Kier alpha value is 0.170. The molecule has 0 aromatic heterocycles. The Morgan fingerprint density at radius 3 is 1.56 bits per heavy atom. The molecule has 0 heterocycles. The van der Waals surface area contributed by atoms with Crippen LogP contribution >= 0.6 is 15.9 Å². The summed E-state index contributed by atoms with van der Waals surface area (Å²) in [6.07, 6.45) is 9.14. The normalized spacial score (nSPS) is 10.7. The molecule has 0 spiro atoms. The van der Waals surface area contributed by atoms with Gasteiger partial charge < -0.3 is 9.79 Å². The van der Waals surface area contributed by atoms with Crippen LogP contribution in [0, 0.1) is 0 Å². The molecule has 0 aliphatic carbocycles. The second-order valence-corrected chi connectivity index (χ2v) is 6.40. The number of rotatable bonds is 9. The largest absolute Gasteiger partial charge is 0.692 e. The zero-order valence-electron chi connectivity index (χ0n) is 10.9. The molecule has 8 heteroatoms. The van der Waals surface area contributed by atoms with Gasteiger partial charge in [0.1, 0.15) is 0 Å². The summed E-state index contributed by atoms with van der Waals surface area (Å²) in [7, 11) is -6.60. The maximum atomic E-state index is 10.5. The van der Waals surface area contributed by atoms with E-state index in [9.17, 15) is 4.57 Å². The van der Waals surface area contributed by atoms with Crippen LogP contribution in [-0.2, 0) is 9.13 Å². The van der Waals surface area contributed by atoms with Gasteiger partial charge in [0.2, 0.25) is 0 Å². The van der Waals surface area contributed by atoms with Gasteiger partial charge in [0.05, 0.1) is 0 Å². The summed E-state index contributed by atoms with van der Waals surface area (Å²) >= 11 is 0. The molecular formula is C10H25O6P2+. The molecule has 0 aliphatic heterocycles. The van der Waals surface area contributed by atoms with Crippen LogP contribution in [0.15, 0.2) is 0 Å². The van der Waals surface area contributed by atoms with Crippen LogP contribution in [0.3, 0.4) is 0 Å². The molecule has 0 bridgehead atoms. The first-order valence-corrected chi connectivity index (χ1v) is 9.15. The van der Waals surface area contributed by atoms with Gasteiger partial charge in [0, 0.05) is 10.7 Å². The molecule has 0 aromatic rings. The Balaban J connectivity index is 0. The molecule has 110 valence electrons. The quantitative estimate of drug-likeness (QED) is 0.384. The molecule has 0 rings (SSSR count). The molecule has 0 radical (unpaired) electrons. The Labute approximate surface area is 110 Å². The zero-order chi connectivity index (χ0) is 14.4. The van der Waals surface area contributed by atoms with Gasteiger partial charge in [-0.05, 0) is 6.42 Å². The maximum absolute atomic E-state index is 10.5. The molecule has 0 fully saturated rings. The van der Waals surface area contributed by atoms with E-state index in [4.69, 9.17) is 24.1 Å². The second kappa shape index (κ2) is 13.6. The standard InChI is InChI=1S/C10H23O3P.HO3P/c1-2-3-4-5-6-7-8-9-10-14(11,12)13;1-4(2)3/h2-10H2,1H3,(H2,11,12,13);(H-,1,2,3)/p+1. The lowest BCUT2D eigenvalue weighted by Crippen LogP contribution is -1.88. The van der Waals surface area contributed by atoms with E-state index in [1.165, 1.54) is 32.1 Å². The lowest BCUT2D eigenvalue weighted by Gasteiger charge is -2.03. The van der Waals surface area contributed by atoms with Crippen molar-refractivity contribution >= 4 is 15.9 Å². The van der Waals surface area contributed by atoms with E-state index in [1.54, 1.807) is 0 Å². The zero-order valence-corrected chi connectivity index (χ0v) is 12.7. The minimum Gasteiger partial charge on any atom is -0.324 e. The van der Waals surface area contributed by atoms with E-state index in [-0.39, 0.29) is 6.16 Å². The fourth-order valence-corrected chi connectivity index (χ4v) is 2.09. The molecule has 0 atom stereocenters. The lowest BCUT2D eigenvalue weighted by atomic mass is 10.1. The van der Waals surface area contributed by atoms with Crippen molar-refractivity contribution < 1.29 is 28.7 Å². The highest BCUT2D eigenvalue weighted by molar-refractivity contribution is 7.51. The fourth-order valence-electron chi connectivity index (χ4n) is 1.45. The van der Waals surface area contributed by atoms with E-state index >= 15 is 0 Å². The molecule has 0 aromatic carbocycles. The number of hydrogen-bond acceptors (Lipinski definition) is 2. The number of unbranched alkanes of at least 4 members (excludes halogenated alkanes) is 7. The first-order chi connectivity index (χ1) is 8.29. The van der Waals surface area contributed by atoms with Crippen LogP contribution in [0.5, 0.6) is 0 Å². The predicted octanol–water partition coefficient (Wildman–Crippen LogP) is 2.93. The van der Waals surface area contributed by atoms with Crippen LogP contribution < -0.4 is 0 Å². The Morgan fingerprint density at radius 2 is 1.22 bits per heavy atom. The molecular weight excluding hydrogens is 278 g/mol. The summed E-state index contributed by atoms with van der Waals surface area (Å²) in [4.78, 5) is 31.4. The van der Waals surface area contributed by atoms with Gasteiger partial charge in [-0.25, -0.2) is 0 Å². The molecule has 6 nitrogen and oxygen atoms in total. The molecule has 0 amide bonds. The highest BCUT2D eigenvalue weighted by Gasteiger charge is 2.10. The summed E-state index contributed by atoms with van der Waals surface area (Å²) in [6, 6.07) is 0. The van der Waals surface area contributed by atoms with Crippen molar-refractivity contribution in [2.45, 2.75) is 58.3 Å². The summed E-state index contributed by atoms with van der Waals surface area (Å²) in [5.41, 5.74) is 0. The topological polar surface area (TPSA) is 115 Å². The highest BCUT2D eigenvalue weighted by atomic mass is 31.2. The van der Waals surface area contributed by atoms with Crippen LogP contribution in [0.1, 0.15) is 58.3 Å². The number of hydrogen-bond donors (Lipinski definition) is 4. The van der Waals surface area contributed by atoms with Crippen LogP contribution in [0.2, 0.25) is 0 Å². The minimum atomic E-state index is -3.73. The maximum Gasteiger partial charge on any atom is 0.692 e. The molecule has 4 N–H and O–H groups in total. The Kier molecular flexibility index (Phi) is 15.5. The third-order valence-corrected chi connectivity index (χ3v) is 3.20. The fraction of sp³-hybridized carbons (Fsp3) is 1.00. The third-order valence-electron chi connectivity index (χ3n) is 2.30. The molecule has 0 saturated carbocycles. The van der Waals surface area contributed by atoms with Gasteiger partial charge in [-0.2, -0.15) is 0 Å². The monoisotopic (exact) mass is 303 g/mol. The molecule has 0 unspecified atom stereocenters. The molecule has 18 heavy (non-hydrogen) atoms. The average molecular weight is 303 g/mol. The van der Waals surface area contributed by atoms with Crippen molar-refractivity contribution in [1.29, 1.82) is 0 Å². The van der Waals surface area contributed by atoms with Gasteiger partial charge in [-0.1, -0.05) is 51.9 Å². The van der Waals surface area contributed by atoms with E-state index in [1.807, 2.05) is 0 Å². The summed E-state index contributed by atoms with van der Waals surface area (Å²) < 4.78 is 19.2. The first-order valence-electron chi connectivity index (χ1n) is 6.19. The SMILES string of the molecule is CCCCCCCCCCP(=O)(O)O.O=[P+](O)O. The molecule has 0 saturated heterocycles. The Morgan fingerprint density at radius 1 is 0.889 bits per heavy atom. The minimum absolute atomic E-state index is 0.0575. The summed E-state index contributed by atoms with van der Waals surface area (Å²) in [6.45, 7) is 2.19. The molecule has 0 aliphatic rings. The van der Waals surface area contributed by atoms with Crippen LogP contribution in [0.4, 0.5) is 0 Å². The third kappa shape index (κ3) is 29.8. The van der Waals surface area contributed by atoms with Crippen molar-refractivity contribution in [3.8, 4) is 0 Å². The van der Waals surface area contributed by atoms with Gasteiger partial charge in [0.15, 0.2) is 0 Å². The lowest BCUT2D eigenvalue weighted by molar-refractivity contribution is 0.370. The van der Waals surface area contributed by atoms with Gasteiger partial charge >= 0.3 is 15.9 Å². The van der Waals surface area contributed by atoms with Gasteiger partial charge in [-0.3, -0.25) is 4.57 Å². The van der Waals surface area contributed by atoms with Crippen molar-refractivity contribution in [3.63, 3.8) is 0 Å². The van der Waals surface area contributed by atoms with Crippen LogP contribution in [-0.4, -0.2) is 25.7 Å². The predicted molar refractivity (Wildman–Crippen MR) is 71.6 cm³/mol. The van der Waals surface area contributed by atoms with Crippen LogP contribution in [0.25, 0.3) is 0 Å². The van der Waals surface area contributed by atoms with E-state index < -0.39 is 15.9 Å². The highest BCUT2D eigenvalue weighted by Crippen LogP contribution is 2.35. The Bertz CT molecular complexity index is 237. The van der Waals surface area contributed by atoms with Crippen molar-refractivity contribution in [2.75, 3.05) is 6.16 Å². The second-order valence-electron chi connectivity index (χ2n) is 4.12. The van der Waals surface area contributed by atoms with E-state index in [2.05, 4.69) is 6.92 Å². The summed E-state index contributed by atoms with van der Waals surface area (Å²) in [5, 5.41) is 0. The van der Waals surface area contributed by atoms with Crippen molar-refractivity contribution in [1.82, 2.24) is 0 Å². The average Bonchev–Trinajstić information content (AvgIpc) is 2.19. The van der Waals surface area contributed by atoms with Crippen molar-refractivity contribution in [3.05, 3.63) is 0 Å².